The number of piperidine rings is 1. The predicted molar refractivity (Wildman–Crippen MR) is 78.7 cm³/mol. The summed E-state index contributed by atoms with van der Waals surface area (Å²) in [6.07, 6.45) is 1.01. The first-order chi connectivity index (χ1) is 9.97. The molecule has 0 aliphatic carbocycles. The fourth-order valence-electron chi connectivity index (χ4n) is 2.53. The number of hydrogen-bond donors (Lipinski definition) is 1. The van der Waals surface area contributed by atoms with Crippen molar-refractivity contribution >= 4 is 23.6 Å². The van der Waals surface area contributed by atoms with Gasteiger partial charge in [-0.1, -0.05) is 0 Å². The minimum atomic E-state index is -0.783. The number of halogens is 1. The fraction of sp³-hybridized carbons (Fsp3) is 0.467. The number of aliphatic carboxylic acids is 1. The summed E-state index contributed by atoms with van der Waals surface area (Å²) in [6.45, 7) is 2.37. The molecule has 1 saturated heterocycles. The average molecular weight is 311 g/mol. The van der Waals surface area contributed by atoms with Crippen molar-refractivity contribution in [2.75, 3.05) is 12.3 Å². The van der Waals surface area contributed by atoms with Crippen LogP contribution in [-0.4, -0.2) is 40.2 Å². The Bertz CT molecular complexity index is 520. The Kier molecular flexibility index (Phi) is 5.22. The van der Waals surface area contributed by atoms with Gasteiger partial charge in [0.2, 0.25) is 5.91 Å². The van der Waals surface area contributed by atoms with E-state index in [-0.39, 0.29) is 29.4 Å². The van der Waals surface area contributed by atoms with Gasteiger partial charge in [0.15, 0.2) is 0 Å². The van der Waals surface area contributed by atoms with Gasteiger partial charge in [0, 0.05) is 17.5 Å². The van der Waals surface area contributed by atoms with Crippen LogP contribution in [0.2, 0.25) is 0 Å². The van der Waals surface area contributed by atoms with E-state index in [4.69, 9.17) is 5.11 Å². The van der Waals surface area contributed by atoms with Crippen molar-refractivity contribution < 1.29 is 19.1 Å². The topological polar surface area (TPSA) is 57.6 Å². The minimum absolute atomic E-state index is 0.000615. The van der Waals surface area contributed by atoms with E-state index in [9.17, 15) is 14.0 Å². The molecule has 1 heterocycles. The van der Waals surface area contributed by atoms with E-state index in [1.165, 1.54) is 23.9 Å². The number of amides is 1. The molecule has 1 aliphatic rings. The number of thioether (sulfide) groups is 1. The summed E-state index contributed by atoms with van der Waals surface area (Å²) in [7, 11) is 0. The average Bonchev–Trinajstić information content (AvgIpc) is 2.46. The van der Waals surface area contributed by atoms with Crippen molar-refractivity contribution in [1.82, 2.24) is 4.90 Å². The zero-order valence-corrected chi connectivity index (χ0v) is 12.6. The zero-order valence-electron chi connectivity index (χ0n) is 11.8. The van der Waals surface area contributed by atoms with Gasteiger partial charge in [-0.15, -0.1) is 11.8 Å². The zero-order chi connectivity index (χ0) is 15.4. The molecule has 1 N–H and O–H groups in total. The number of carboxylic acid groups (broad SMARTS) is 1. The highest BCUT2D eigenvalue weighted by molar-refractivity contribution is 8.00. The van der Waals surface area contributed by atoms with Crippen LogP contribution < -0.4 is 0 Å². The maximum atomic E-state index is 12.8. The van der Waals surface area contributed by atoms with Gasteiger partial charge in [-0.05, 0) is 44.0 Å². The Hall–Kier alpha value is -1.56. The number of benzene rings is 1. The van der Waals surface area contributed by atoms with E-state index in [0.29, 0.717) is 19.4 Å². The third-order valence-corrected chi connectivity index (χ3v) is 4.72. The highest BCUT2D eigenvalue weighted by Crippen LogP contribution is 2.25. The number of carbonyl (C=O) groups excluding carboxylic acids is 1. The first-order valence-corrected chi connectivity index (χ1v) is 7.86. The molecule has 6 heteroatoms. The molecule has 1 aromatic carbocycles. The largest absolute Gasteiger partial charge is 0.481 e. The molecule has 1 aliphatic heterocycles. The van der Waals surface area contributed by atoms with Crippen LogP contribution in [0.25, 0.3) is 0 Å². The SMILES string of the molecule is CC1CC(C(=O)O)CCN1C(=O)CSc1ccc(F)cc1. The van der Waals surface area contributed by atoms with Gasteiger partial charge in [0.05, 0.1) is 11.7 Å². The normalized spacial score (nSPS) is 22.1. The Labute approximate surface area is 127 Å². The van der Waals surface area contributed by atoms with E-state index >= 15 is 0 Å². The summed E-state index contributed by atoms with van der Waals surface area (Å²) in [6, 6.07) is 5.98. The Balaban J connectivity index is 1.86. The van der Waals surface area contributed by atoms with Crippen LogP contribution in [0.3, 0.4) is 0 Å². The summed E-state index contributed by atoms with van der Waals surface area (Å²) in [5, 5.41) is 9.02. The second-order valence-corrected chi connectivity index (χ2v) is 6.29. The van der Waals surface area contributed by atoms with Gasteiger partial charge in [-0.3, -0.25) is 9.59 Å². The van der Waals surface area contributed by atoms with Crippen LogP contribution >= 0.6 is 11.8 Å². The molecule has 1 amide bonds. The Morgan fingerprint density at radius 2 is 2.05 bits per heavy atom. The Morgan fingerprint density at radius 1 is 1.38 bits per heavy atom. The number of hydrogen-bond acceptors (Lipinski definition) is 3. The number of likely N-dealkylation sites (tertiary alicyclic amines) is 1. The molecule has 0 spiro atoms. The molecular weight excluding hydrogens is 293 g/mol. The molecule has 2 unspecified atom stereocenters. The summed E-state index contributed by atoms with van der Waals surface area (Å²) < 4.78 is 12.8. The number of carbonyl (C=O) groups is 2. The smallest absolute Gasteiger partial charge is 0.306 e. The molecule has 0 bridgehead atoms. The highest BCUT2D eigenvalue weighted by atomic mass is 32.2. The third kappa shape index (κ3) is 4.20. The van der Waals surface area contributed by atoms with Gasteiger partial charge in [-0.25, -0.2) is 4.39 Å². The van der Waals surface area contributed by atoms with Crippen molar-refractivity contribution in [3.8, 4) is 0 Å². The van der Waals surface area contributed by atoms with Crippen LogP contribution in [0.1, 0.15) is 19.8 Å². The van der Waals surface area contributed by atoms with E-state index in [2.05, 4.69) is 0 Å². The highest BCUT2D eigenvalue weighted by Gasteiger charge is 2.31. The molecule has 2 rings (SSSR count). The van der Waals surface area contributed by atoms with Crippen LogP contribution in [-0.2, 0) is 9.59 Å². The maximum absolute atomic E-state index is 12.8. The van der Waals surface area contributed by atoms with Crippen molar-refractivity contribution in [3.05, 3.63) is 30.1 Å². The fourth-order valence-corrected chi connectivity index (χ4v) is 3.31. The molecule has 0 radical (unpaired) electrons. The lowest BCUT2D eigenvalue weighted by Crippen LogP contribution is -2.46. The van der Waals surface area contributed by atoms with Gasteiger partial charge < -0.3 is 10.0 Å². The monoisotopic (exact) mass is 311 g/mol. The molecule has 4 nitrogen and oxygen atoms in total. The number of carboxylic acids is 1. The maximum Gasteiger partial charge on any atom is 0.306 e. The molecule has 2 atom stereocenters. The van der Waals surface area contributed by atoms with Gasteiger partial charge >= 0.3 is 5.97 Å². The molecule has 1 fully saturated rings. The van der Waals surface area contributed by atoms with Crippen LogP contribution in [0.4, 0.5) is 4.39 Å². The lowest BCUT2D eigenvalue weighted by molar-refractivity contribution is -0.146. The van der Waals surface area contributed by atoms with Gasteiger partial charge in [0.25, 0.3) is 0 Å². The lowest BCUT2D eigenvalue weighted by Gasteiger charge is -2.36. The van der Waals surface area contributed by atoms with Crippen molar-refractivity contribution in [2.45, 2.75) is 30.7 Å². The molecule has 0 aromatic heterocycles. The summed E-state index contributed by atoms with van der Waals surface area (Å²) in [5.41, 5.74) is 0. The van der Waals surface area contributed by atoms with Crippen molar-refractivity contribution in [3.63, 3.8) is 0 Å². The van der Waals surface area contributed by atoms with E-state index in [1.807, 2.05) is 6.92 Å². The van der Waals surface area contributed by atoms with E-state index < -0.39 is 5.97 Å². The van der Waals surface area contributed by atoms with Crippen molar-refractivity contribution in [2.24, 2.45) is 5.92 Å². The summed E-state index contributed by atoms with van der Waals surface area (Å²) >= 11 is 1.37. The quantitative estimate of drug-likeness (QED) is 0.869. The third-order valence-electron chi connectivity index (χ3n) is 3.72. The Morgan fingerprint density at radius 3 is 2.62 bits per heavy atom. The molecule has 114 valence electrons. The lowest BCUT2D eigenvalue weighted by atomic mass is 9.92. The summed E-state index contributed by atoms with van der Waals surface area (Å²) in [5.74, 6) is -1.15. The van der Waals surface area contributed by atoms with E-state index in [0.717, 1.165) is 4.90 Å². The number of nitrogens with zero attached hydrogens (tertiary/aromatic N) is 1. The van der Waals surface area contributed by atoms with Crippen LogP contribution in [0.5, 0.6) is 0 Å². The molecule has 1 aromatic rings. The van der Waals surface area contributed by atoms with Crippen molar-refractivity contribution in [1.29, 1.82) is 0 Å². The first-order valence-electron chi connectivity index (χ1n) is 6.88. The van der Waals surface area contributed by atoms with Gasteiger partial charge in [-0.2, -0.15) is 0 Å². The van der Waals surface area contributed by atoms with Gasteiger partial charge in [0.1, 0.15) is 5.82 Å². The predicted octanol–water partition coefficient (Wildman–Crippen LogP) is 2.63. The standard InChI is InChI=1S/C15H18FNO3S/c1-10-8-11(15(19)20)6-7-17(10)14(18)9-21-13-4-2-12(16)3-5-13/h2-5,10-11H,6-9H2,1H3,(H,19,20). The first kappa shape index (κ1) is 15.8. The van der Waals surface area contributed by atoms with Crippen LogP contribution in [0, 0.1) is 11.7 Å². The molecule has 0 saturated carbocycles. The number of rotatable bonds is 4. The second-order valence-electron chi connectivity index (χ2n) is 5.24. The molecular formula is C15H18FNO3S. The van der Waals surface area contributed by atoms with Crippen LogP contribution in [0.15, 0.2) is 29.2 Å². The minimum Gasteiger partial charge on any atom is -0.481 e. The second kappa shape index (κ2) is 6.93. The molecule has 21 heavy (non-hydrogen) atoms. The summed E-state index contributed by atoms with van der Waals surface area (Å²) in [4.78, 5) is 25.8. The van der Waals surface area contributed by atoms with E-state index in [1.54, 1.807) is 17.0 Å².